The van der Waals surface area contributed by atoms with Crippen molar-refractivity contribution < 1.29 is 0 Å². The lowest BCUT2D eigenvalue weighted by atomic mass is 9.81. The van der Waals surface area contributed by atoms with Gasteiger partial charge < -0.3 is 0 Å². The van der Waals surface area contributed by atoms with Crippen molar-refractivity contribution in [2.24, 2.45) is 5.92 Å². The predicted molar refractivity (Wildman–Crippen MR) is 108 cm³/mol. The van der Waals surface area contributed by atoms with Crippen LogP contribution in [0.3, 0.4) is 0 Å². The van der Waals surface area contributed by atoms with Crippen LogP contribution in [0.15, 0.2) is 66.7 Å². The normalized spacial score (nSPS) is 17.1. The summed E-state index contributed by atoms with van der Waals surface area (Å²) in [5, 5.41) is 0. The first-order chi connectivity index (χ1) is 12.3. The zero-order chi connectivity index (χ0) is 17.5. The van der Waals surface area contributed by atoms with Crippen molar-refractivity contribution in [3.8, 4) is 0 Å². The number of nitrogens with zero attached hydrogens (tertiary/aromatic N) is 1. The molecule has 0 heterocycles. The zero-order valence-corrected chi connectivity index (χ0v) is 15.7. The molecule has 1 aliphatic carbocycles. The Morgan fingerprint density at radius 2 is 1.60 bits per heavy atom. The maximum absolute atomic E-state index is 2.73. The minimum absolute atomic E-state index is 0.101. The first-order valence-electron chi connectivity index (χ1n) is 9.80. The van der Waals surface area contributed by atoms with E-state index in [1.54, 1.807) is 0 Å². The van der Waals surface area contributed by atoms with Gasteiger partial charge in [-0.1, -0.05) is 86.7 Å². The van der Waals surface area contributed by atoms with Gasteiger partial charge in [0.2, 0.25) is 0 Å². The lowest BCUT2D eigenvalue weighted by Crippen LogP contribution is -2.46. The second-order valence-electron chi connectivity index (χ2n) is 7.25. The van der Waals surface area contributed by atoms with Crippen LogP contribution in [0.5, 0.6) is 0 Å². The van der Waals surface area contributed by atoms with Gasteiger partial charge in [-0.05, 0) is 49.3 Å². The van der Waals surface area contributed by atoms with Crippen molar-refractivity contribution in [2.45, 2.75) is 45.1 Å². The Morgan fingerprint density at radius 3 is 2.16 bits per heavy atom. The Morgan fingerprint density at radius 1 is 0.960 bits per heavy atom. The highest BCUT2D eigenvalue weighted by molar-refractivity contribution is 5.49. The highest BCUT2D eigenvalue weighted by Crippen LogP contribution is 2.40. The lowest BCUT2D eigenvalue weighted by Gasteiger charge is -2.44. The first-order valence-corrected chi connectivity index (χ1v) is 9.80. The number of rotatable bonds is 9. The molecule has 0 saturated heterocycles. The molecule has 1 fully saturated rings. The van der Waals surface area contributed by atoms with Crippen molar-refractivity contribution in [3.05, 3.63) is 77.9 Å². The molecule has 3 rings (SSSR count). The fraction of sp³-hybridized carbons (Fsp3) is 0.417. The molecule has 0 N–H and O–H groups in total. The summed E-state index contributed by atoms with van der Waals surface area (Å²) in [6.45, 7) is 7.01. The highest BCUT2D eigenvalue weighted by atomic mass is 15.2. The van der Waals surface area contributed by atoms with Gasteiger partial charge in [0.1, 0.15) is 0 Å². The number of benzene rings is 2. The third-order valence-electron chi connectivity index (χ3n) is 5.62. The van der Waals surface area contributed by atoms with Gasteiger partial charge in [-0.3, -0.25) is 4.90 Å². The van der Waals surface area contributed by atoms with Gasteiger partial charge in [-0.15, -0.1) is 0 Å². The van der Waals surface area contributed by atoms with E-state index >= 15 is 0 Å². The Balaban J connectivity index is 1.88. The average molecular weight is 334 g/mol. The van der Waals surface area contributed by atoms with Gasteiger partial charge >= 0.3 is 0 Å². The number of hydrogen-bond acceptors (Lipinski definition) is 1. The SMILES string of the molecule is CCN(CC1CC1)C(CC)(C/C=C/c1ccccc1)c1ccccc1. The number of hydrogen-bond donors (Lipinski definition) is 0. The second-order valence-corrected chi connectivity index (χ2v) is 7.25. The average Bonchev–Trinajstić information content (AvgIpc) is 3.50. The molecule has 0 spiro atoms. The first kappa shape index (κ1) is 17.9. The predicted octanol–water partition coefficient (Wildman–Crippen LogP) is 6.13. The topological polar surface area (TPSA) is 3.24 Å². The molecule has 2 aromatic rings. The molecule has 1 nitrogen and oxygen atoms in total. The van der Waals surface area contributed by atoms with Gasteiger partial charge in [0, 0.05) is 12.1 Å². The van der Waals surface area contributed by atoms with Crippen LogP contribution in [0.25, 0.3) is 6.08 Å². The van der Waals surface area contributed by atoms with E-state index in [0.717, 1.165) is 25.3 Å². The van der Waals surface area contributed by atoms with Gasteiger partial charge in [0.05, 0.1) is 0 Å². The molecule has 0 aliphatic heterocycles. The summed E-state index contributed by atoms with van der Waals surface area (Å²) in [7, 11) is 0. The van der Waals surface area contributed by atoms with Crippen LogP contribution in [-0.2, 0) is 5.54 Å². The van der Waals surface area contributed by atoms with Crippen LogP contribution in [0.1, 0.15) is 50.7 Å². The summed E-state index contributed by atoms with van der Waals surface area (Å²) in [5.41, 5.74) is 2.84. The van der Waals surface area contributed by atoms with Crippen LogP contribution < -0.4 is 0 Å². The third kappa shape index (κ3) is 4.41. The van der Waals surface area contributed by atoms with E-state index in [1.807, 2.05) is 0 Å². The van der Waals surface area contributed by atoms with E-state index in [1.165, 1.54) is 30.5 Å². The summed E-state index contributed by atoms with van der Waals surface area (Å²) in [5.74, 6) is 0.910. The fourth-order valence-electron chi connectivity index (χ4n) is 3.92. The van der Waals surface area contributed by atoms with Gasteiger partial charge in [0.15, 0.2) is 0 Å². The van der Waals surface area contributed by atoms with E-state index in [2.05, 4.69) is 91.6 Å². The molecule has 0 bridgehead atoms. The van der Waals surface area contributed by atoms with E-state index in [-0.39, 0.29) is 5.54 Å². The molecule has 0 aromatic heterocycles. The Hall–Kier alpha value is -1.86. The molecular formula is C24H31N. The largest absolute Gasteiger partial charge is 0.293 e. The third-order valence-corrected chi connectivity index (χ3v) is 5.62. The zero-order valence-electron chi connectivity index (χ0n) is 15.7. The van der Waals surface area contributed by atoms with E-state index in [4.69, 9.17) is 0 Å². The Kier molecular flexibility index (Phi) is 6.09. The molecule has 1 heteroatoms. The van der Waals surface area contributed by atoms with Crippen LogP contribution in [0, 0.1) is 5.92 Å². The van der Waals surface area contributed by atoms with Crippen molar-refractivity contribution in [2.75, 3.05) is 13.1 Å². The Bertz CT molecular complexity index is 657. The van der Waals surface area contributed by atoms with Gasteiger partial charge in [-0.2, -0.15) is 0 Å². The van der Waals surface area contributed by atoms with E-state index in [9.17, 15) is 0 Å². The highest BCUT2D eigenvalue weighted by Gasteiger charge is 2.37. The summed E-state index contributed by atoms with van der Waals surface area (Å²) in [6, 6.07) is 21.8. The van der Waals surface area contributed by atoms with E-state index < -0.39 is 0 Å². The quantitative estimate of drug-likeness (QED) is 0.534. The monoisotopic (exact) mass is 333 g/mol. The maximum Gasteiger partial charge on any atom is 0.0492 e. The Labute approximate surface area is 153 Å². The summed E-state index contributed by atoms with van der Waals surface area (Å²) >= 11 is 0. The molecule has 1 unspecified atom stereocenters. The smallest absolute Gasteiger partial charge is 0.0492 e. The van der Waals surface area contributed by atoms with Crippen molar-refractivity contribution in [1.29, 1.82) is 0 Å². The van der Waals surface area contributed by atoms with Crippen LogP contribution in [0.2, 0.25) is 0 Å². The lowest BCUT2D eigenvalue weighted by molar-refractivity contribution is 0.0826. The van der Waals surface area contributed by atoms with Crippen LogP contribution in [0.4, 0.5) is 0 Å². The molecule has 0 amide bonds. The molecular weight excluding hydrogens is 302 g/mol. The van der Waals surface area contributed by atoms with E-state index in [0.29, 0.717) is 0 Å². The van der Waals surface area contributed by atoms with Crippen molar-refractivity contribution in [3.63, 3.8) is 0 Å². The van der Waals surface area contributed by atoms with Crippen molar-refractivity contribution in [1.82, 2.24) is 4.90 Å². The fourth-order valence-corrected chi connectivity index (χ4v) is 3.92. The van der Waals surface area contributed by atoms with Crippen molar-refractivity contribution >= 4 is 6.08 Å². The van der Waals surface area contributed by atoms with Gasteiger partial charge in [-0.25, -0.2) is 0 Å². The molecule has 1 aliphatic rings. The molecule has 132 valence electrons. The maximum atomic E-state index is 2.73. The minimum atomic E-state index is 0.101. The molecule has 1 saturated carbocycles. The molecule has 2 aromatic carbocycles. The minimum Gasteiger partial charge on any atom is -0.293 e. The van der Waals surface area contributed by atoms with Crippen LogP contribution >= 0.6 is 0 Å². The summed E-state index contributed by atoms with van der Waals surface area (Å²) < 4.78 is 0. The summed E-state index contributed by atoms with van der Waals surface area (Å²) in [6.07, 6.45) is 9.66. The standard InChI is InChI=1S/C24H31N/c1-3-24(23-15-9-6-10-16-23,25(4-2)20-22-17-18-22)19-11-14-21-12-7-5-8-13-21/h5-16,22H,3-4,17-20H2,1-2H3/b14-11+. The molecule has 1 atom stereocenters. The summed E-state index contributed by atoms with van der Waals surface area (Å²) in [4.78, 5) is 2.73. The second kappa shape index (κ2) is 8.49. The van der Waals surface area contributed by atoms with Gasteiger partial charge in [0.25, 0.3) is 0 Å². The molecule has 25 heavy (non-hydrogen) atoms. The molecule has 0 radical (unpaired) electrons. The van der Waals surface area contributed by atoms with Crippen LogP contribution in [-0.4, -0.2) is 18.0 Å².